The predicted octanol–water partition coefficient (Wildman–Crippen LogP) is 3.11. The van der Waals surface area contributed by atoms with Gasteiger partial charge < -0.3 is 5.32 Å². The van der Waals surface area contributed by atoms with Crippen LogP contribution in [0.1, 0.15) is 18.1 Å². The number of benzene rings is 1. The number of hydrogen-bond acceptors (Lipinski definition) is 4. The van der Waals surface area contributed by atoms with Gasteiger partial charge in [-0.25, -0.2) is 4.39 Å². The smallest absolute Gasteiger partial charge is 0.217 e. The van der Waals surface area contributed by atoms with Gasteiger partial charge in [0.2, 0.25) is 5.91 Å². The van der Waals surface area contributed by atoms with Crippen molar-refractivity contribution in [2.75, 3.05) is 0 Å². The first kappa shape index (κ1) is 17.8. The van der Waals surface area contributed by atoms with Crippen LogP contribution in [0.4, 0.5) is 4.39 Å². The molecule has 8 heteroatoms. The van der Waals surface area contributed by atoms with E-state index in [1.54, 1.807) is 17.1 Å². The third kappa shape index (κ3) is 3.24. The number of carbonyl (C=O) groups excluding carboxylic acids is 1. The maximum Gasteiger partial charge on any atom is 0.217 e. The lowest BCUT2D eigenvalue weighted by molar-refractivity contribution is -0.119. The van der Waals surface area contributed by atoms with E-state index in [9.17, 15) is 9.18 Å². The molecule has 142 valence electrons. The van der Waals surface area contributed by atoms with Crippen LogP contribution in [0.5, 0.6) is 0 Å². The number of H-pyrrole nitrogens is 1. The minimum atomic E-state index is -0.376. The Bertz CT molecular complexity index is 1170. The number of nitrogens with zero attached hydrogens (tertiary/aromatic N) is 4. The second-order valence-electron chi connectivity index (χ2n) is 6.77. The van der Waals surface area contributed by atoms with Gasteiger partial charge in [0.25, 0.3) is 0 Å². The van der Waals surface area contributed by atoms with Crippen LogP contribution in [0, 0.1) is 12.7 Å². The van der Waals surface area contributed by atoms with Crippen LogP contribution >= 0.6 is 0 Å². The van der Waals surface area contributed by atoms with Crippen molar-refractivity contribution in [3.05, 3.63) is 53.7 Å². The second kappa shape index (κ2) is 6.88. The van der Waals surface area contributed by atoms with Crippen molar-refractivity contribution in [2.45, 2.75) is 20.4 Å². The van der Waals surface area contributed by atoms with Gasteiger partial charge in [-0.2, -0.15) is 10.2 Å². The van der Waals surface area contributed by atoms with Crippen molar-refractivity contribution in [3.8, 4) is 22.5 Å². The number of fused-ring (bicyclic) bond motifs is 1. The van der Waals surface area contributed by atoms with Gasteiger partial charge in [0.1, 0.15) is 11.5 Å². The highest BCUT2D eigenvalue weighted by atomic mass is 19.1. The van der Waals surface area contributed by atoms with Gasteiger partial charge in [-0.15, -0.1) is 0 Å². The summed E-state index contributed by atoms with van der Waals surface area (Å²) < 4.78 is 16.6. The summed E-state index contributed by atoms with van der Waals surface area (Å²) in [5.74, 6) is -0.532. The summed E-state index contributed by atoms with van der Waals surface area (Å²) in [4.78, 5) is 15.5. The number of aryl methyl sites for hydroxylation is 2. The normalized spacial score (nSPS) is 11.1. The van der Waals surface area contributed by atoms with E-state index in [1.165, 1.54) is 13.0 Å². The van der Waals surface area contributed by atoms with Crippen LogP contribution < -0.4 is 5.32 Å². The maximum atomic E-state index is 14.9. The molecule has 0 aliphatic heterocycles. The molecule has 0 unspecified atom stereocenters. The molecule has 28 heavy (non-hydrogen) atoms. The molecule has 0 saturated carbocycles. The molecule has 1 aromatic carbocycles. The van der Waals surface area contributed by atoms with E-state index < -0.39 is 0 Å². The van der Waals surface area contributed by atoms with E-state index in [1.807, 2.05) is 32.3 Å². The molecular weight excluding hydrogens is 359 g/mol. The molecule has 0 saturated heterocycles. The van der Waals surface area contributed by atoms with Gasteiger partial charge in [-0.1, -0.05) is 6.07 Å². The Morgan fingerprint density at radius 3 is 2.79 bits per heavy atom. The molecular formula is C20H19FN6O. The fraction of sp³-hybridized carbons (Fsp3) is 0.200. The average molecular weight is 378 g/mol. The van der Waals surface area contributed by atoms with Gasteiger partial charge in [-0.3, -0.25) is 19.6 Å². The first-order valence-electron chi connectivity index (χ1n) is 8.79. The number of pyridine rings is 1. The molecule has 1 amide bonds. The monoisotopic (exact) mass is 378 g/mol. The molecule has 3 aromatic heterocycles. The van der Waals surface area contributed by atoms with Crippen molar-refractivity contribution >= 4 is 16.8 Å². The average Bonchev–Trinajstić information content (AvgIpc) is 3.25. The van der Waals surface area contributed by atoms with Gasteiger partial charge >= 0.3 is 0 Å². The van der Waals surface area contributed by atoms with Crippen LogP contribution in [0.15, 0.2) is 36.8 Å². The molecule has 0 fully saturated rings. The lowest BCUT2D eigenvalue weighted by Crippen LogP contribution is -2.19. The number of halogens is 1. The summed E-state index contributed by atoms with van der Waals surface area (Å²) in [5.41, 5.74) is 4.80. The quantitative estimate of drug-likeness (QED) is 0.571. The van der Waals surface area contributed by atoms with Gasteiger partial charge in [-0.05, 0) is 30.2 Å². The highest BCUT2D eigenvalue weighted by molar-refractivity contribution is 5.94. The van der Waals surface area contributed by atoms with Crippen molar-refractivity contribution in [1.29, 1.82) is 0 Å². The lowest BCUT2D eigenvalue weighted by atomic mass is 10.00. The van der Waals surface area contributed by atoms with Crippen LogP contribution in [0.2, 0.25) is 0 Å². The Hall–Kier alpha value is -3.55. The molecule has 0 atom stereocenters. The van der Waals surface area contributed by atoms with E-state index in [0.717, 1.165) is 27.7 Å². The van der Waals surface area contributed by atoms with E-state index in [4.69, 9.17) is 0 Å². The minimum Gasteiger partial charge on any atom is -0.352 e. The number of aromatic amines is 1. The Morgan fingerprint density at radius 1 is 1.29 bits per heavy atom. The first-order valence-corrected chi connectivity index (χ1v) is 8.79. The van der Waals surface area contributed by atoms with Crippen LogP contribution in [0.25, 0.3) is 33.4 Å². The summed E-state index contributed by atoms with van der Waals surface area (Å²) in [6.07, 6.45) is 5.26. The second-order valence-corrected chi connectivity index (χ2v) is 6.77. The zero-order valence-electron chi connectivity index (χ0n) is 15.7. The first-order chi connectivity index (χ1) is 13.4. The van der Waals surface area contributed by atoms with E-state index in [2.05, 4.69) is 25.6 Å². The number of rotatable bonds is 4. The fourth-order valence-corrected chi connectivity index (χ4v) is 3.29. The molecule has 2 N–H and O–H groups in total. The lowest BCUT2D eigenvalue weighted by Gasteiger charge is -2.11. The summed E-state index contributed by atoms with van der Waals surface area (Å²) in [7, 11) is 1.84. The summed E-state index contributed by atoms with van der Waals surface area (Å²) in [6, 6.07) is 5.12. The van der Waals surface area contributed by atoms with Gasteiger partial charge in [0.05, 0.1) is 23.6 Å². The van der Waals surface area contributed by atoms with Crippen LogP contribution in [-0.2, 0) is 18.4 Å². The molecule has 0 bridgehead atoms. The van der Waals surface area contributed by atoms with Crippen molar-refractivity contribution in [2.24, 2.45) is 7.05 Å². The van der Waals surface area contributed by atoms with E-state index in [-0.39, 0.29) is 18.3 Å². The zero-order chi connectivity index (χ0) is 19.8. The summed E-state index contributed by atoms with van der Waals surface area (Å²) in [6.45, 7) is 3.55. The van der Waals surface area contributed by atoms with Crippen molar-refractivity contribution < 1.29 is 9.18 Å². The minimum absolute atomic E-state index is 0.155. The topological polar surface area (TPSA) is 88.5 Å². The van der Waals surface area contributed by atoms with Crippen molar-refractivity contribution in [1.82, 2.24) is 30.3 Å². The Labute approximate surface area is 160 Å². The number of nitrogens with one attached hydrogen (secondary N) is 2. The number of carbonyl (C=O) groups is 1. The van der Waals surface area contributed by atoms with Gasteiger partial charge in [0, 0.05) is 43.2 Å². The SMILES string of the molecule is CC(=O)NCc1cc(C)c(-c2cc3c(-c4cnn(C)c4)n[nH]c3cn2)c(F)c1. The molecule has 4 rings (SSSR count). The molecule has 4 aromatic rings. The van der Waals surface area contributed by atoms with Gasteiger partial charge in [0.15, 0.2) is 0 Å². The predicted molar refractivity (Wildman–Crippen MR) is 104 cm³/mol. The standard InChI is InChI=1S/C20H19FN6O/c1-11-4-13(7-22-12(2)28)5-16(21)19(11)17-6-15-18(9-23-17)25-26-20(15)14-8-24-27(3)10-14/h4-6,8-10H,7H2,1-3H3,(H,22,28)(H,25,26). The highest BCUT2D eigenvalue weighted by Crippen LogP contribution is 2.31. The zero-order valence-corrected chi connectivity index (χ0v) is 15.7. The van der Waals surface area contributed by atoms with Crippen LogP contribution in [0.3, 0.4) is 0 Å². The third-order valence-electron chi connectivity index (χ3n) is 4.57. The Morgan fingerprint density at radius 2 is 2.11 bits per heavy atom. The number of amides is 1. The highest BCUT2D eigenvalue weighted by Gasteiger charge is 2.16. The molecule has 0 aliphatic rings. The van der Waals surface area contributed by atoms with E-state index in [0.29, 0.717) is 16.8 Å². The number of hydrogen-bond donors (Lipinski definition) is 2. The number of aromatic nitrogens is 5. The maximum absolute atomic E-state index is 14.9. The van der Waals surface area contributed by atoms with Crippen molar-refractivity contribution in [3.63, 3.8) is 0 Å². The molecule has 0 radical (unpaired) electrons. The molecule has 0 spiro atoms. The Kier molecular flexibility index (Phi) is 4.38. The molecule has 7 nitrogen and oxygen atoms in total. The fourth-order valence-electron chi connectivity index (χ4n) is 3.29. The Balaban J connectivity index is 1.78. The largest absolute Gasteiger partial charge is 0.352 e. The molecule has 0 aliphatic carbocycles. The van der Waals surface area contributed by atoms with Crippen LogP contribution in [-0.4, -0.2) is 30.9 Å². The van der Waals surface area contributed by atoms with E-state index >= 15 is 0 Å². The molecule has 3 heterocycles. The third-order valence-corrected chi connectivity index (χ3v) is 4.57. The summed E-state index contributed by atoms with van der Waals surface area (Å²) in [5, 5.41) is 15.0. The summed E-state index contributed by atoms with van der Waals surface area (Å²) >= 11 is 0.